The summed E-state index contributed by atoms with van der Waals surface area (Å²) in [6.45, 7) is 1.92. The molecule has 0 aliphatic heterocycles. The monoisotopic (exact) mass is 313 g/mol. The van der Waals surface area contributed by atoms with Crippen LogP contribution in [0.3, 0.4) is 0 Å². The van der Waals surface area contributed by atoms with Crippen LogP contribution in [0.1, 0.15) is 22.3 Å². The molecule has 2 rings (SSSR count). The molecule has 1 N–H and O–H groups in total. The van der Waals surface area contributed by atoms with E-state index in [0.29, 0.717) is 27.4 Å². The second-order valence-corrected chi connectivity index (χ2v) is 4.65. The van der Waals surface area contributed by atoms with Gasteiger partial charge >= 0.3 is 0 Å². The van der Waals surface area contributed by atoms with E-state index in [1.165, 1.54) is 12.4 Å². The van der Waals surface area contributed by atoms with Gasteiger partial charge in [-0.25, -0.2) is 9.97 Å². The summed E-state index contributed by atoms with van der Waals surface area (Å²) in [6, 6.07) is 0. The van der Waals surface area contributed by atoms with E-state index in [1.54, 1.807) is 0 Å². The Hall–Kier alpha value is -1.41. The molecule has 0 spiro atoms. The molecule has 0 saturated heterocycles. The lowest BCUT2D eigenvalue weighted by molar-refractivity contribution is 0.102. The van der Waals surface area contributed by atoms with Gasteiger partial charge in [-0.05, 0) is 33.9 Å². The van der Waals surface area contributed by atoms with Gasteiger partial charge in [0.15, 0.2) is 5.82 Å². The maximum Gasteiger partial charge on any atom is 0.270 e. The van der Waals surface area contributed by atoms with Gasteiger partial charge < -0.3 is 5.32 Å². The van der Waals surface area contributed by atoms with Gasteiger partial charge in [0, 0.05) is 0 Å². The fourth-order valence-corrected chi connectivity index (χ4v) is 2.01. The summed E-state index contributed by atoms with van der Waals surface area (Å²) in [6.07, 6.45) is 3.66. The van der Waals surface area contributed by atoms with Gasteiger partial charge in [-0.15, -0.1) is 5.10 Å². The van der Waals surface area contributed by atoms with E-state index in [-0.39, 0.29) is 5.91 Å². The Kier molecular flexibility index (Phi) is 3.75. The molecule has 17 heavy (non-hydrogen) atoms. The van der Waals surface area contributed by atoms with Crippen LogP contribution in [0.2, 0.25) is 0 Å². The van der Waals surface area contributed by atoms with Crippen LogP contribution in [0, 0.1) is 0 Å². The summed E-state index contributed by atoms with van der Waals surface area (Å²) in [4.78, 5) is 20.4. The lowest BCUT2D eigenvalue weighted by Crippen LogP contribution is -2.13. The van der Waals surface area contributed by atoms with Gasteiger partial charge in [-0.2, -0.15) is 0 Å². The van der Waals surface area contributed by atoms with Crippen LogP contribution in [0.25, 0.3) is 0 Å². The van der Waals surface area contributed by atoms with E-state index in [4.69, 9.17) is 0 Å². The molecule has 2 aromatic heterocycles. The number of aromatic nitrogens is 4. The van der Waals surface area contributed by atoms with E-state index in [2.05, 4.69) is 40.8 Å². The highest BCUT2D eigenvalue weighted by Crippen LogP contribution is 2.14. The Morgan fingerprint density at radius 3 is 2.94 bits per heavy atom. The predicted octanol–water partition coefficient (Wildman–Crippen LogP) is 1.91. The van der Waals surface area contributed by atoms with E-state index >= 15 is 0 Å². The SMILES string of the molecule is CCc1nnsc1C(=O)Nc1cnc(Br)cn1. The molecule has 0 unspecified atom stereocenters. The fourth-order valence-electron chi connectivity index (χ4n) is 1.16. The summed E-state index contributed by atoms with van der Waals surface area (Å²) in [5, 5.41) is 6.52. The number of halogens is 1. The van der Waals surface area contributed by atoms with Crippen molar-refractivity contribution in [1.29, 1.82) is 0 Å². The van der Waals surface area contributed by atoms with Crippen molar-refractivity contribution in [2.45, 2.75) is 13.3 Å². The van der Waals surface area contributed by atoms with E-state index in [0.717, 1.165) is 11.5 Å². The zero-order valence-electron chi connectivity index (χ0n) is 8.85. The standard InChI is InChI=1S/C9H8BrN5OS/c1-2-5-8(17-15-14-5)9(16)13-7-4-11-6(10)3-12-7/h3-4H,2H2,1H3,(H,12,13,16). The lowest BCUT2D eigenvalue weighted by atomic mass is 10.3. The summed E-state index contributed by atoms with van der Waals surface area (Å²) >= 11 is 4.24. The van der Waals surface area contributed by atoms with Gasteiger partial charge in [-0.3, -0.25) is 4.79 Å². The first-order valence-corrected chi connectivity index (χ1v) is 6.37. The molecule has 0 aliphatic rings. The van der Waals surface area contributed by atoms with Crippen LogP contribution in [-0.4, -0.2) is 25.5 Å². The zero-order valence-corrected chi connectivity index (χ0v) is 11.2. The minimum absolute atomic E-state index is 0.256. The third-order valence-electron chi connectivity index (χ3n) is 1.96. The smallest absolute Gasteiger partial charge is 0.270 e. The normalized spacial score (nSPS) is 10.2. The number of hydrogen-bond donors (Lipinski definition) is 1. The summed E-state index contributed by atoms with van der Waals surface area (Å²) in [7, 11) is 0. The average molecular weight is 314 g/mol. The number of rotatable bonds is 3. The third kappa shape index (κ3) is 2.83. The van der Waals surface area contributed by atoms with Crippen molar-refractivity contribution < 1.29 is 4.79 Å². The molecule has 0 saturated carbocycles. The largest absolute Gasteiger partial charge is 0.304 e. The van der Waals surface area contributed by atoms with Crippen LogP contribution in [0.4, 0.5) is 5.82 Å². The van der Waals surface area contributed by atoms with E-state index < -0.39 is 0 Å². The number of anilines is 1. The highest BCUT2D eigenvalue weighted by Gasteiger charge is 2.15. The molecular weight excluding hydrogens is 306 g/mol. The van der Waals surface area contributed by atoms with Crippen molar-refractivity contribution >= 4 is 39.2 Å². The van der Waals surface area contributed by atoms with Gasteiger partial charge in [0.1, 0.15) is 9.48 Å². The van der Waals surface area contributed by atoms with Crippen molar-refractivity contribution in [3.63, 3.8) is 0 Å². The van der Waals surface area contributed by atoms with Crippen LogP contribution in [-0.2, 0) is 6.42 Å². The Morgan fingerprint density at radius 1 is 1.47 bits per heavy atom. The van der Waals surface area contributed by atoms with Crippen molar-refractivity contribution in [1.82, 2.24) is 19.6 Å². The van der Waals surface area contributed by atoms with Gasteiger partial charge in [0.05, 0.1) is 18.1 Å². The molecule has 2 aromatic rings. The van der Waals surface area contributed by atoms with Crippen molar-refractivity contribution in [3.05, 3.63) is 27.6 Å². The van der Waals surface area contributed by atoms with E-state index in [1.807, 2.05) is 6.92 Å². The molecule has 0 aliphatic carbocycles. The summed E-state index contributed by atoms with van der Waals surface area (Å²) in [5.74, 6) is 0.141. The first-order chi connectivity index (χ1) is 8.20. The topological polar surface area (TPSA) is 80.7 Å². The minimum atomic E-state index is -0.256. The molecule has 0 bridgehead atoms. The van der Waals surface area contributed by atoms with Crippen molar-refractivity contribution in [2.24, 2.45) is 0 Å². The van der Waals surface area contributed by atoms with Crippen LogP contribution in [0.15, 0.2) is 17.0 Å². The zero-order chi connectivity index (χ0) is 12.3. The lowest BCUT2D eigenvalue weighted by Gasteiger charge is -2.02. The number of nitrogens with one attached hydrogen (secondary N) is 1. The molecule has 0 radical (unpaired) electrons. The van der Waals surface area contributed by atoms with E-state index in [9.17, 15) is 4.79 Å². The van der Waals surface area contributed by atoms with Gasteiger partial charge in [0.25, 0.3) is 5.91 Å². The maximum atomic E-state index is 11.9. The Bertz CT molecular complexity index is 526. The van der Waals surface area contributed by atoms with Gasteiger partial charge in [-0.1, -0.05) is 11.4 Å². The Labute approximate surface area is 110 Å². The van der Waals surface area contributed by atoms with Crippen LogP contribution in [0.5, 0.6) is 0 Å². The molecule has 0 atom stereocenters. The third-order valence-corrected chi connectivity index (χ3v) is 3.14. The highest BCUT2D eigenvalue weighted by molar-refractivity contribution is 9.10. The number of nitrogens with zero attached hydrogens (tertiary/aromatic N) is 4. The molecule has 0 fully saturated rings. The minimum Gasteiger partial charge on any atom is -0.304 e. The molecule has 0 aromatic carbocycles. The molecule has 8 heteroatoms. The fraction of sp³-hybridized carbons (Fsp3) is 0.222. The Morgan fingerprint density at radius 2 is 2.29 bits per heavy atom. The summed E-state index contributed by atoms with van der Waals surface area (Å²) in [5.41, 5.74) is 0.692. The molecular formula is C9H8BrN5OS. The number of aryl methyl sites for hydroxylation is 1. The second kappa shape index (κ2) is 5.28. The van der Waals surface area contributed by atoms with Crippen LogP contribution >= 0.6 is 27.5 Å². The number of carbonyl (C=O) groups excluding carboxylic acids is 1. The molecule has 1 amide bonds. The molecule has 2 heterocycles. The first kappa shape index (κ1) is 12.1. The van der Waals surface area contributed by atoms with Crippen LogP contribution < -0.4 is 5.32 Å². The van der Waals surface area contributed by atoms with Crippen molar-refractivity contribution in [3.8, 4) is 0 Å². The first-order valence-electron chi connectivity index (χ1n) is 4.81. The number of hydrogen-bond acceptors (Lipinski definition) is 6. The molecule has 88 valence electrons. The molecule has 6 nitrogen and oxygen atoms in total. The summed E-state index contributed by atoms with van der Waals surface area (Å²) < 4.78 is 4.37. The maximum absolute atomic E-state index is 11.9. The Balaban J connectivity index is 2.14. The quantitative estimate of drug-likeness (QED) is 0.936. The van der Waals surface area contributed by atoms with Crippen molar-refractivity contribution in [2.75, 3.05) is 5.32 Å². The average Bonchev–Trinajstić information content (AvgIpc) is 2.80. The number of amides is 1. The predicted molar refractivity (Wildman–Crippen MR) is 67.0 cm³/mol. The highest BCUT2D eigenvalue weighted by atomic mass is 79.9. The number of carbonyl (C=O) groups is 1. The van der Waals surface area contributed by atoms with Gasteiger partial charge in [0.2, 0.25) is 0 Å². The second-order valence-electron chi connectivity index (χ2n) is 3.08.